The molecular weight excluding hydrogens is 248 g/mol. The van der Waals surface area contributed by atoms with Crippen molar-refractivity contribution in [3.63, 3.8) is 0 Å². The van der Waals surface area contributed by atoms with Crippen molar-refractivity contribution in [3.8, 4) is 0 Å². The molecule has 0 aromatic carbocycles. The van der Waals surface area contributed by atoms with Gasteiger partial charge < -0.3 is 19.8 Å². The number of nitrogens with one attached hydrogen (secondary N) is 2. The molecular formula is C11H16N6O2. The molecule has 0 amide bonds. The predicted octanol–water partition coefficient (Wildman–Crippen LogP) is -0.801. The Hall–Kier alpha value is -2.22. The van der Waals surface area contributed by atoms with Crippen LogP contribution in [0.4, 0.5) is 5.95 Å². The molecule has 19 heavy (non-hydrogen) atoms. The van der Waals surface area contributed by atoms with E-state index in [1.54, 1.807) is 16.5 Å². The number of rotatable bonds is 5. The van der Waals surface area contributed by atoms with Crippen LogP contribution in [0, 0.1) is 0 Å². The summed E-state index contributed by atoms with van der Waals surface area (Å²) >= 11 is 0. The van der Waals surface area contributed by atoms with Gasteiger partial charge in [0.1, 0.15) is 0 Å². The van der Waals surface area contributed by atoms with E-state index in [0.717, 1.165) is 0 Å². The van der Waals surface area contributed by atoms with Crippen LogP contribution in [-0.4, -0.2) is 57.4 Å². The number of nitrogens with zero attached hydrogens (tertiary/aromatic N) is 4. The van der Waals surface area contributed by atoms with Crippen molar-refractivity contribution in [3.05, 3.63) is 16.7 Å². The molecule has 2 N–H and O–H groups in total. The lowest BCUT2D eigenvalue weighted by Gasteiger charge is -2.09. The van der Waals surface area contributed by atoms with E-state index < -0.39 is 0 Å². The van der Waals surface area contributed by atoms with Gasteiger partial charge in [-0.3, -0.25) is 9.59 Å². The second-order valence-electron chi connectivity index (χ2n) is 4.53. The number of H-pyrrole nitrogens is 1. The van der Waals surface area contributed by atoms with E-state index in [1.807, 2.05) is 14.1 Å². The van der Waals surface area contributed by atoms with Crippen molar-refractivity contribution in [2.24, 2.45) is 7.05 Å². The smallest absolute Gasteiger partial charge is 0.277 e. The highest BCUT2D eigenvalue weighted by Crippen LogP contribution is 2.11. The van der Waals surface area contributed by atoms with Gasteiger partial charge in [-0.25, -0.2) is 4.98 Å². The lowest BCUT2D eigenvalue weighted by atomic mass is 10.4. The number of aromatic nitrogens is 4. The summed E-state index contributed by atoms with van der Waals surface area (Å²) in [4.78, 5) is 35.7. The number of Topliss-reactive ketones (excluding diaryl/α,β-unsaturated/α-hetero) is 1. The zero-order valence-corrected chi connectivity index (χ0v) is 11.1. The summed E-state index contributed by atoms with van der Waals surface area (Å²) in [7, 11) is 5.36. The molecule has 0 saturated carbocycles. The Kier molecular flexibility index (Phi) is 3.61. The highest BCUT2D eigenvalue weighted by molar-refractivity contribution is 5.84. The van der Waals surface area contributed by atoms with Gasteiger partial charge in [0, 0.05) is 7.05 Å². The van der Waals surface area contributed by atoms with Gasteiger partial charge >= 0.3 is 0 Å². The highest BCUT2D eigenvalue weighted by Gasteiger charge is 2.12. The zero-order valence-electron chi connectivity index (χ0n) is 11.1. The quantitative estimate of drug-likeness (QED) is 0.734. The van der Waals surface area contributed by atoms with Crippen LogP contribution in [0.1, 0.15) is 0 Å². The first-order valence-corrected chi connectivity index (χ1v) is 5.79. The topological polar surface area (TPSA) is 95.9 Å². The summed E-state index contributed by atoms with van der Waals surface area (Å²) in [5.41, 5.74) is 0.478. The molecule has 102 valence electrons. The average molecular weight is 264 g/mol. The maximum absolute atomic E-state index is 11.6. The molecule has 2 aromatic rings. The fourth-order valence-corrected chi connectivity index (χ4v) is 1.79. The number of anilines is 1. The number of hydrogen-bond donors (Lipinski definition) is 2. The molecule has 8 heteroatoms. The number of aryl methyl sites for hydroxylation is 1. The van der Waals surface area contributed by atoms with E-state index >= 15 is 0 Å². The maximum Gasteiger partial charge on any atom is 0.277 e. The van der Waals surface area contributed by atoms with Gasteiger partial charge in [-0.1, -0.05) is 0 Å². The fourth-order valence-electron chi connectivity index (χ4n) is 1.79. The van der Waals surface area contributed by atoms with Crippen molar-refractivity contribution < 1.29 is 4.79 Å². The maximum atomic E-state index is 11.6. The van der Waals surface area contributed by atoms with Gasteiger partial charge in [0.2, 0.25) is 5.95 Å². The molecule has 0 fully saturated rings. The van der Waals surface area contributed by atoms with Crippen molar-refractivity contribution >= 4 is 22.9 Å². The van der Waals surface area contributed by atoms with Crippen LogP contribution in [0.5, 0.6) is 0 Å². The summed E-state index contributed by atoms with van der Waals surface area (Å²) in [5, 5.41) is 2.92. The molecule has 0 aliphatic carbocycles. The van der Waals surface area contributed by atoms with Crippen LogP contribution in [0.2, 0.25) is 0 Å². The lowest BCUT2D eigenvalue weighted by molar-refractivity contribution is -0.118. The van der Waals surface area contributed by atoms with E-state index in [2.05, 4.69) is 20.3 Å². The Morgan fingerprint density at radius 2 is 2.26 bits per heavy atom. The highest BCUT2D eigenvalue weighted by atomic mass is 16.1. The number of ketones is 1. The van der Waals surface area contributed by atoms with E-state index in [9.17, 15) is 9.59 Å². The number of imidazole rings is 1. The number of fused-ring (bicyclic) bond motifs is 1. The van der Waals surface area contributed by atoms with Gasteiger partial charge in [-0.15, -0.1) is 0 Å². The molecule has 8 nitrogen and oxygen atoms in total. The van der Waals surface area contributed by atoms with Gasteiger partial charge in [0.15, 0.2) is 16.9 Å². The van der Waals surface area contributed by atoms with Crippen molar-refractivity contribution in [1.82, 2.24) is 24.4 Å². The van der Waals surface area contributed by atoms with Crippen molar-refractivity contribution in [2.45, 2.75) is 0 Å². The summed E-state index contributed by atoms with van der Waals surface area (Å²) in [6, 6.07) is 0. The fraction of sp³-hybridized carbons (Fsp3) is 0.455. The molecule has 2 aromatic heterocycles. The molecule has 0 atom stereocenters. The Balaban J connectivity index is 2.18. The minimum Gasteiger partial charge on any atom is -0.348 e. The molecule has 0 aliphatic heterocycles. The van der Waals surface area contributed by atoms with Crippen molar-refractivity contribution in [2.75, 3.05) is 32.5 Å². The van der Waals surface area contributed by atoms with Crippen LogP contribution in [-0.2, 0) is 11.8 Å². The first-order chi connectivity index (χ1) is 8.99. The third kappa shape index (κ3) is 2.79. The Bertz CT molecular complexity index is 657. The van der Waals surface area contributed by atoms with Crippen LogP contribution >= 0.6 is 0 Å². The summed E-state index contributed by atoms with van der Waals surface area (Å²) < 4.78 is 1.59. The van der Waals surface area contributed by atoms with Gasteiger partial charge in [-0.2, -0.15) is 4.98 Å². The lowest BCUT2D eigenvalue weighted by Crippen LogP contribution is -2.27. The van der Waals surface area contributed by atoms with E-state index in [0.29, 0.717) is 23.7 Å². The SMILES string of the molecule is CN(C)CC(=O)CNc1nc2nc[nH]c(=O)c2n1C. The average Bonchev–Trinajstić information content (AvgIpc) is 2.64. The molecule has 0 saturated heterocycles. The van der Waals surface area contributed by atoms with Crippen LogP contribution in [0.3, 0.4) is 0 Å². The number of carbonyl (C=O) groups is 1. The van der Waals surface area contributed by atoms with Gasteiger partial charge in [0.25, 0.3) is 5.56 Å². The van der Waals surface area contributed by atoms with E-state index in [-0.39, 0.29) is 17.9 Å². The molecule has 0 bridgehead atoms. The van der Waals surface area contributed by atoms with Crippen molar-refractivity contribution in [1.29, 1.82) is 0 Å². The van der Waals surface area contributed by atoms with E-state index in [4.69, 9.17) is 0 Å². The molecule has 2 rings (SSSR count). The molecule has 2 heterocycles. The number of carbonyl (C=O) groups excluding carboxylic acids is 1. The Morgan fingerprint density at radius 1 is 1.53 bits per heavy atom. The first kappa shape index (κ1) is 13.2. The standard InChI is InChI=1S/C11H16N6O2/c1-16(2)5-7(18)4-12-11-15-9-8(17(11)3)10(19)14-6-13-9/h6H,4-5H2,1-3H3,(H2,12,13,14,15,19). The normalized spacial score (nSPS) is 11.2. The largest absolute Gasteiger partial charge is 0.348 e. The molecule has 0 radical (unpaired) electrons. The number of aromatic amines is 1. The first-order valence-electron chi connectivity index (χ1n) is 5.79. The number of hydrogen-bond acceptors (Lipinski definition) is 6. The third-order valence-corrected chi connectivity index (χ3v) is 2.61. The molecule has 0 aliphatic rings. The summed E-state index contributed by atoms with van der Waals surface area (Å²) in [6.07, 6.45) is 1.30. The Labute approximate surface area is 109 Å². The second kappa shape index (κ2) is 5.19. The predicted molar refractivity (Wildman–Crippen MR) is 71.2 cm³/mol. The van der Waals surface area contributed by atoms with Crippen LogP contribution < -0.4 is 10.9 Å². The minimum absolute atomic E-state index is 0.0407. The summed E-state index contributed by atoms with van der Waals surface area (Å²) in [5.74, 6) is 0.491. The third-order valence-electron chi connectivity index (χ3n) is 2.61. The monoisotopic (exact) mass is 264 g/mol. The number of likely N-dealkylation sites (N-methyl/N-ethyl adjacent to an activating group) is 1. The molecule has 0 spiro atoms. The minimum atomic E-state index is -0.257. The van der Waals surface area contributed by atoms with Crippen LogP contribution in [0.25, 0.3) is 11.2 Å². The molecule has 0 unspecified atom stereocenters. The van der Waals surface area contributed by atoms with Gasteiger partial charge in [0.05, 0.1) is 19.4 Å². The van der Waals surface area contributed by atoms with Gasteiger partial charge in [-0.05, 0) is 14.1 Å². The van der Waals surface area contributed by atoms with Crippen LogP contribution in [0.15, 0.2) is 11.1 Å². The second-order valence-corrected chi connectivity index (χ2v) is 4.53. The van der Waals surface area contributed by atoms with E-state index in [1.165, 1.54) is 6.33 Å². The summed E-state index contributed by atoms with van der Waals surface area (Å²) in [6.45, 7) is 0.517. The zero-order chi connectivity index (χ0) is 14.0. The Morgan fingerprint density at radius 3 is 2.89 bits per heavy atom.